The van der Waals surface area contributed by atoms with Crippen molar-refractivity contribution in [3.05, 3.63) is 84.2 Å². The summed E-state index contributed by atoms with van der Waals surface area (Å²) in [6.07, 6.45) is 0. The summed E-state index contributed by atoms with van der Waals surface area (Å²) in [5.41, 5.74) is 2.16. The molecule has 0 radical (unpaired) electrons. The van der Waals surface area contributed by atoms with Crippen LogP contribution >= 0.6 is 11.8 Å². The smallest absolute Gasteiger partial charge is 0.231 e. The summed E-state index contributed by atoms with van der Waals surface area (Å²) in [6.45, 7) is 0.483. The molecule has 1 aliphatic rings. The number of thioether (sulfide) groups is 1. The Bertz CT molecular complexity index is 1200. The zero-order chi connectivity index (χ0) is 21.8. The summed E-state index contributed by atoms with van der Waals surface area (Å²) < 4.78 is 24.1. The first-order valence-electron chi connectivity index (χ1n) is 10.1. The maximum Gasteiger partial charge on any atom is 0.231 e. The molecule has 1 aromatic heterocycles. The lowest BCUT2D eigenvalue weighted by Gasteiger charge is -2.12. The zero-order valence-electron chi connectivity index (χ0n) is 17.4. The van der Waals surface area contributed by atoms with Crippen LogP contribution in [-0.2, 0) is 12.4 Å². The van der Waals surface area contributed by atoms with Crippen molar-refractivity contribution in [1.82, 2.24) is 14.8 Å². The Morgan fingerprint density at radius 2 is 1.69 bits per heavy atom. The molecule has 162 valence electrons. The van der Waals surface area contributed by atoms with Gasteiger partial charge in [-0.3, -0.25) is 4.57 Å². The van der Waals surface area contributed by atoms with Crippen LogP contribution in [0, 0.1) is 0 Å². The van der Waals surface area contributed by atoms with E-state index in [1.807, 2.05) is 65.2 Å². The molecule has 0 aliphatic carbocycles. The summed E-state index contributed by atoms with van der Waals surface area (Å²) in [7, 11) is 1.65. The Labute approximate surface area is 189 Å². The number of fused-ring (bicyclic) bond motifs is 1. The van der Waals surface area contributed by atoms with Crippen LogP contribution in [0.2, 0.25) is 0 Å². The zero-order valence-corrected chi connectivity index (χ0v) is 18.2. The van der Waals surface area contributed by atoms with Gasteiger partial charge in [0.25, 0.3) is 0 Å². The number of aromatic nitrogens is 3. The van der Waals surface area contributed by atoms with E-state index in [0.29, 0.717) is 17.3 Å². The number of rotatable bonds is 8. The van der Waals surface area contributed by atoms with E-state index in [0.717, 1.165) is 28.1 Å². The van der Waals surface area contributed by atoms with Crippen LogP contribution in [0.5, 0.6) is 23.0 Å². The quantitative estimate of drug-likeness (QED) is 0.357. The van der Waals surface area contributed by atoms with Crippen molar-refractivity contribution in [2.75, 3.05) is 13.9 Å². The van der Waals surface area contributed by atoms with Crippen molar-refractivity contribution in [3.8, 4) is 28.7 Å². The van der Waals surface area contributed by atoms with Crippen LogP contribution in [-0.4, -0.2) is 28.7 Å². The molecule has 0 fully saturated rings. The lowest BCUT2D eigenvalue weighted by molar-refractivity contribution is 0.173. The SMILES string of the molecule is COc1ccc(-n2c(COc3ccc4c(c3)OCO4)nnc2SCc2ccccc2)cc1. The van der Waals surface area contributed by atoms with Gasteiger partial charge in [-0.2, -0.15) is 0 Å². The fourth-order valence-electron chi connectivity index (χ4n) is 3.31. The number of hydrogen-bond acceptors (Lipinski definition) is 7. The van der Waals surface area contributed by atoms with Crippen molar-refractivity contribution in [3.63, 3.8) is 0 Å². The lowest BCUT2D eigenvalue weighted by Crippen LogP contribution is -2.06. The second-order valence-electron chi connectivity index (χ2n) is 7.01. The van der Waals surface area contributed by atoms with Crippen LogP contribution < -0.4 is 18.9 Å². The number of benzene rings is 3. The van der Waals surface area contributed by atoms with E-state index in [1.165, 1.54) is 5.56 Å². The molecule has 0 spiro atoms. The number of hydrogen-bond donors (Lipinski definition) is 0. The van der Waals surface area contributed by atoms with E-state index in [4.69, 9.17) is 18.9 Å². The predicted molar refractivity (Wildman–Crippen MR) is 121 cm³/mol. The normalized spacial score (nSPS) is 12.0. The molecule has 0 saturated heterocycles. The first kappa shape index (κ1) is 20.3. The van der Waals surface area contributed by atoms with Crippen molar-refractivity contribution in [2.24, 2.45) is 0 Å². The van der Waals surface area contributed by atoms with Gasteiger partial charge < -0.3 is 18.9 Å². The Balaban J connectivity index is 1.39. The number of nitrogens with zero attached hydrogens (tertiary/aromatic N) is 3. The molecule has 0 N–H and O–H groups in total. The maximum atomic E-state index is 6.01. The van der Waals surface area contributed by atoms with E-state index in [2.05, 4.69) is 22.3 Å². The largest absolute Gasteiger partial charge is 0.497 e. The fourth-order valence-corrected chi connectivity index (χ4v) is 4.24. The van der Waals surface area contributed by atoms with Crippen LogP contribution in [0.25, 0.3) is 5.69 Å². The van der Waals surface area contributed by atoms with Gasteiger partial charge in [0, 0.05) is 17.5 Å². The van der Waals surface area contributed by atoms with E-state index < -0.39 is 0 Å². The Morgan fingerprint density at radius 1 is 0.906 bits per heavy atom. The van der Waals surface area contributed by atoms with Crippen LogP contribution in [0.4, 0.5) is 0 Å². The minimum atomic E-state index is 0.229. The highest BCUT2D eigenvalue weighted by Gasteiger charge is 2.17. The third-order valence-corrected chi connectivity index (χ3v) is 5.95. The van der Waals surface area contributed by atoms with E-state index in [-0.39, 0.29) is 13.4 Å². The molecule has 0 amide bonds. The van der Waals surface area contributed by atoms with Gasteiger partial charge >= 0.3 is 0 Å². The average molecular weight is 448 g/mol. The molecule has 7 nitrogen and oxygen atoms in total. The third-order valence-electron chi connectivity index (χ3n) is 4.95. The number of methoxy groups -OCH3 is 1. The summed E-state index contributed by atoms with van der Waals surface area (Å²) >= 11 is 1.63. The molecule has 3 aromatic carbocycles. The first-order valence-corrected chi connectivity index (χ1v) is 11.1. The molecule has 0 atom stereocenters. The maximum absolute atomic E-state index is 6.01. The van der Waals surface area contributed by atoms with Gasteiger partial charge in [0.05, 0.1) is 7.11 Å². The highest BCUT2D eigenvalue weighted by Crippen LogP contribution is 2.35. The summed E-state index contributed by atoms with van der Waals surface area (Å²) in [5.74, 6) is 4.36. The van der Waals surface area contributed by atoms with Crippen molar-refractivity contribution >= 4 is 11.8 Å². The van der Waals surface area contributed by atoms with Crippen molar-refractivity contribution in [2.45, 2.75) is 17.5 Å². The molecule has 32 heavy (non-hydrogen) atoms. The van der Waals surface area contributed by atoms with Gasteiger partial charge in [0.2, 0.25) is 6.79 Å². The van der Waals surface area contributed by atoms with Crippen LogP contribution in [0.15, 0.2) is 78.0 Å². The van der Waals surface area contributed by atoms with E-state index in [9.17, 15) is 0 Å². The third kappa shape index (κ3) is 4.36. The summed E-state index contributed by atoms with van der Waals surface area (Å²) in [6, 6.07) is 23.6. The monoisotopic (exact) mass is 447 g/mol. The fraction of sp³-hybridized carbons (Fsp3) is 0.167. The van der Waals surface area contributed by atoms with Crippen molar-refractivity contribution in [1.29, 1.82) is 0 Å². The molecule has 2 heterocycles. The highest BCUT2D eigenvalue weighted by molar-refractivity contribution is 7.98. The second-order valence-corrected chi connectivity index (χ2v) is 7.95. The Hall–Kier alpha value is -3.65. The highest BCUT2D eigenvalue weighted by atomic mass is 32.2. The molecule has 4 aromatic rings. The molecular weight excluding hydrogens is 426 g/mol. The molecule has 8 heteroatoms. The van der Waals surface area contributed by atoms with Gasteiger partial charge in [0.15, 0.2) is 22.5 Å². The van der Waals surface area contributed by atoms with Crippen LogP contribution in [0.1, 0.15) is 11.4 Å². The van der Waals surface area contributed by atoms with Crippen LogP contribution in [0.3, 0.4) is 0 Å². The minimum absolute atomic E-state index is 0.229. The minimum Gasteiger partial charge on any atom is -0.497 e. The Morgan fingerprint density at radius 3 is 2.50 bits per heavy atom. The summed E-state index contributed by atoms with van der Waals surface area (Å²) in [5, 5.41) is 9.65. The van der Waals surface area contributed by atoms with Gasteiger partial charge in [-0.1, -0.05) is 42.1 Å². The van der Waals surface area contributed by atoms with Crippen molar-refractivity contribution < 1.29 is 18.9 Å². The standard InChI is InChI=1S/C24H21N3O4S/c1-28-19-9-7-18(8-10-19)27-23(14-29-20-11-12-21-22(13-20)31-16-30-21)25-26-24(27)32-15-17-5-3-2-4-6-17/h2-13H,14-16H2,1H3. The van der Waals surface area contributed by atoms with Gasteiger partial charge in [-0.15, -0.1) is 10.2 Å². The average Bonchev–Trinajstić information content (AvgIpc) is 3.48. The molecular formula is C24H21N3O4S. The number of ether oxygens (including phenoxy) is 4. The predicted octanol–water partition coefficient (Wildman–Crippen LogP) is 4.88. The lowest BCUT2D eigenvalue weighted by atomic mass is 10.2. The first-order chi connectivity index (χ1) is 15.8. The second kappa shape index (κ2) is 9.23. The topological polar surface area (TPSA) is 67.6 Å². The molecule has 0 bridgehead atoms. The molecule has 0 saturated carbocycles. The molecule has 5 rings (SSSR count). The Kier molecular flexibility index (Phi) is 5.85. The van der Waals surface area contributed by atoms with Gasteiger partial charge in [-0.25, -0.2) is 0 Å². The van der Waals surface area contributed by atoms with Gasteiger partial charge in [-0.05, 0) is 42.0 Å². The van der Waals surface area contributed by atoms with E-state index in [1.54, 1.807) is 18.9 Å². The van der Waals surface area contributed by atoms with E-state index >= 15 is 0 Å². The molecule has 0 unspecified atom stereocenters. The molecule has 1 aliphatic heterocycles. The summed E-state index contributed by atoms with van der Waals surface area (Å²) in [4.78, 5) is 0. The van der Waals surface area contributed by atoms with Gasteiger partial charge in [0.1, 0.15) is 18.1 Å².